The first kappa shape index (κ1) is 17.9. The molecule has 0 aromatic carbocycles. The molecule has 2 N–H and O–H groups in total. The van der Waals surface area contributed by atoms with Crippen molar-refractivity contribution in [2.24, 2.45) is 18.7 Å². The molecule has 3 aliphatic rings. The van der Waals surface area contributed by atoms with E-state index in [2.05, 4.69) is 39.4 Å². The maximum atomic E-state index is 9.64. The van der Waals surface area contributed by atoms with Crippen molar-refractivity contribution in [3.63, 3.8) is 0 Å². The number of nitrogens with two attached hydrogens (primary N) is 1. The van der Waals surface area contributed by atoms with Gasteiger partial charge in [0.15, 0.2) is 0 Å². The molecule has 158 valence electrons. The lowest BCUT2D eigenvalue weighted by Gasteiger charge is -2.56. The minimum atomic E-state index is 0.0832. The minimum Gasteiger partial charge on any atom is -0.350 e. The SMILES string of the molecule is Cn1cc(-c2cc(-c3ccc(N4[C@@H]5CC6[C@H]4C[C@@]6(N)C5)nc3)c3c(C#N)cnn3c2)cn1. The quantitative estimate of drug-likeness (QED) is 0.545. The first-order valence-corrected chi connectivity index (χ1v) is 11.0. The molecule has 2 saturated carbocycles. The van der Waals surface area contributed by atoms with Crippen LogP contribution in [0.2, 0.25) is 0 Å². The Morgan fingerprint density at radius 3 is 2.66 bits per heavy atom. The Kier molecular flexibility index (Phi) is 3.34. The average molecular weight is 422 g/mol. The molecule has 8 heteroatoms. The van der Waals surface area contributed by atoms with Crippen LogP contribution in [-0.2, 0) is 7.05 Å². The molecule has 0 spiro atoms. The molecule has 1 aliphatic heterocycles. The second-order valence-electron chi connectivity index (χ2n) is 9.53. The van der Waals surface area contributed by atoms with Gasteiger partial charge in [-0.2, -0.15) is 15.5 Å². The molecule has 32 heavy (non-hydrogen) atoms. The van der Waals surface area contributed by atoms with E-state index in [1.807, 2.05) is 31.8 Å². The highest BCUT2D eigenvalue weighted by atomic mass is 15.3. The van der Waals surface area contributed by atoms with Crippen LogP contribution < -0.4 is 10.6 Å². The predicted molar refractivity (Wildman–Crippen MR) is 120 cm³/mol. The molecule has 7 rings (SSSR count). The fourth-order valence-corrected chi connectivity index (χ4v) is 6.33. The highest BCUT2D eigenvalue weighted by molar-refractivity contribution is 5.87. The van der Waals surface area contributed by atoms with Gasteiger partial charge in [0, 0.05) is 65.5 Å². The lowest BCUT2D eigenvalue weighted by molar-refractivity contribution is 0.111. The van der Waals surface area contributed by atoms with Gasteiger partial charge in [0.05, 0.1) is 23.5 Å². The Morgan fingerprint density at radius 1 is 1.09 bits per heavy atom. The van der Waals surface area contributed by atoms with Crippen molar-refractivity contribution in [3.8, 4) is 28.3 Å². The molecule has 0 amide bonds. The van der Waals surface area contributed by atoms with E-state index in [9.17, 15) is 5.26 Å². The molecular formula is C24H22N8. The van der Waals surface area contributed by atoms with E-state index >= 15 is 0 Å². The Balaban J connectivity index is 1.32. The molecule has 0 radical (unpaired) electrons. The van der Waals surface area contributed by atoms with Crippen LogP contribution in [0.15, 0.2) is 49.2 Å². The number of rotatable bonds is 3. The summed E-state index contributed by atoms with van der Waals surface area (Å²) in [5.41, 5.74) is 11.8. The summed E-state index contributed by atoms with van der Waals surface area (Å²) in [7, 11) is 1.90. The average Bonchev–Trinajstić information content (AvgIpc) is 3.54. The maximum absolute atomic E-state index is 9.64. The van der Waals surface area contributed by atoms with Gasteiger partial charge >= 0.3 is 0 Å². The number of aryl methyl sites for hydroxylation is 1. The van der Waals surface area contributed by atoms with E-state index in [-0.39, 0.29) is 5.54 Å². The third-order valence-corrected chi connectivity index (χ3v) is 7.78. The minimum absolute atomic E-state index is 0.0832. The van der Waals surface area contributed by atoms with Gasteiger partial charge in [-0.3, -0.25) is 4.68 Å². The summed E-state index contributed by atoms with van der Waals surface area (Å²) in [5.74, 6) is 1.65. The van der Waals surface area contributed by atoms with Crippen molar-refractivity contribution in [3.05, 3.63) is 54.7 Å². The summed E-state index contributed by atoms with van der Waals surface area (Å²) in [5, 5.41) is 18.4. The number of piperidine rings is 2. The first-order valence-electron chi connectivity index (χ1n) is 11.0. The molecule has 1 unspecified atom stereocenters. The van der Waals surface area contributed by atoms with Crippen molar-refractivity contribution in [2.45, 2.75) is 36.9 Å². The van der Waals surface area contributed by atoms with Crippen molar-refractivity contribution >= 4 is 11.3 Å². The fourth-order valence-electron chi connectivity index (χ4n) is 6.33. The van der Waals surface area contributed by atoms with Crippen molar-refractivity contribution < 1.29 is 0 Å². The topological polar surface area (TPSA) is 101 Å². The van der Waals surface area contributed by atoms with Crippen molar-refractivity contribution in [2.75, 3.05) is 4.90 Å². The maximum Gasteiger partial charge on any atom is 0.129 e. The second kappa shape index (κ2) is 5.96. The van der Waals surface area contributed by atoms with Gasteiger partial charge in [-0.1, -0.05) is 0 Å². The van der Waals surface area contributed by atoms with Crippen LogP contribution in [0.1, 0.15) is 24.8 Å². The Bertz CT molecular complexity index is 1420. The monoisotopic (exact) mass is 422 g/mol. The summed E-state index contributed by atoms with van der Waals surface area (Å²) in [4.78, 5) is 7.35. The Morgan fingerprint density at radius 2 is 2.00 bits per heavy atom. The van der Waals surface area contributed by atoms with Crippen molar-refractivity contribution in [1.82, 2.24) is 24.4 Å². The molecular weight excluding hydrogens is 400 g/mol. The number of aromatic nitrogens is 5. The number of hydrogen-bond donors (Lipinski definition) is 1. The second-order valence-corrected chi connectivity index (χ2v) is 9.53. The van der Waals surface area contributed by atoms with Gasteiger partial charge in [-0.25, -0.2) is 9.50 Å². The van der Waals surface area contributed by atoms with Crippen LogP contribution in [0.3, 0.4) is 0 Å². The molecule has 4 aromatic rings. The lowest BCUT2D eigenvalue weighted by Crippen LogP contribution is -2.68. The standard InChI is InChI=1S/C24H22N8/c1-30-12-17(11-28-30)15-4-19(23-16(8-25)10-29-31(23)13-15)14-2-3-22(27-9-14)32-18-5-20-21(32)7-24(20,26)6-18/h2-4,9-13,18,20-21H,5-7,26H2,1H3/t18-,20?,21-,24+/m1/s1. The summed E-state index contributed by atoms with van der Waals surface area (Å²) in [6.45, 7) is 0. The van der Waals surface area contributed by atoms with Gasteiger partial charge in [0.1, 0.15) is 11.9 Å². The highest BCUT2D eigenvalue weighted by Gasteiger charge is 2.66. The predicted octanol–water partition coefficient (Wildman–Crippen LogP) is 2.74. The van der Waals surface area contributed by atoms with Gasteiger partial charge in [-0.15, -0.1) is 0 Å². The summed E-state index contributed by atoms with van der Waals surface area (Å²) < 4.78 is 3.55. The van der Waals surface area contributed by atoms with E-state index in [4.69, 9.17) is 10.7 Å². The van der Waals surface area contributed by atoms with Crippen LogP contribution in [0.5, 0.6) is 0 Å². The number of pyridine rings is 2. The lowest BCUT2D eigenvalue weighted by atomic mass is 9.64. The van der Waals surface area contributed by atoms with E-state index < -0.39 is 0 Å². The van der Waals surface area contributed by atoms with Crippen molar-refractivity contribution in [1.29, 1.82) is 5.26 Å². The molecule has 1 saturated heterocycles. The van der Waals surface area contributed by atoms with Gasteiger partial charge in [0.2, 0.25) is 0 Å². The largest absolute Gasteiger partial charge is 0.350 e. The Labute approximate surface area is 184 Å². The smallest absolute Gasteiger partial charge is 0.129 e. The van der Waals surface area contributed by atoms with Gasteiger partial charge < -0.3 is 10.6 Å². The summed E-state index contributed by atoms with van der Waals surface area (Å²) >= 11 is 0. The van der Waals surface area contributed by atoms with Crippen LogP contribution in [0, 0.1) is 17.2 Å². The van der Waals surface area contributed by atoms with Gasteiger partial charge in [0.25, 0.3) is 0 Å². The molecule has 8 nitrogen and oxygen atoms in total. The van der Waals surface area contributed by atoms with E-state index in [1.165, 1.54) is 6.42 Å². The summed E-state index contributed by atoms with van der Waals surface area (Å²) in [6, 6.07) is 9.65. The third kappa shape index (κ3) is 2.26. The zero-order valence-electron chi connectivity index (χ0n) is 17.7. The summed E-state index contributed by atoms with van der Waals surface area (Å²) in [6.07, 6.45) is 12.6. The van der Waals surface area contributed by atoms with Crippen LogP contribution in [0.25, 0.3) is 27.8 Å². The normalized spacial score (nSPS) is 27.7. The van der Waals surface area contributed by atoms with Crippen LogP contribution in [-0.4, -0.2) is 42.0 Å². The fraction of sp³-hybridized carbons (Fsp3) is 0.333. The molecule has 2 aliphatic carbocycles. The van der Waals surface area contributed by atoms with Gasteiger partial charge in [-0.05, 0) is 43.4 Å². The Hall–Kier alpha value is -3.70. The molecule has 2 bridgehead atoms. The molecule has 4 atom stereocenters. The molecule has 5 heterocycles. The van der Waals surface area contributed by atoms with Crippen LogP contribution in [0.4, 0.5) is 5.82 Å². The zero-order valence-corrected chi connectivity index (χ0v) is 17.7. The zero-order chi connectivity index (χ0) is 21.6. The highest BCUT2D eigenvalue weighted by Crippen LogP contribution is 2.59. The number of nitrogens with zero attached hydrogens (tertiary/aromatic N) is 7. The molecule has 4 aromatic heterocycles. The van der Waals surface area contributed by atoms with E-state index in [0.717, 1.165) is 46.4 Å². The number of nitriles is 1. The van der Waals surface area contributed by atoms with E-state index in [1.54, 1.807) is 15.4 Å². The van der Waals surface area contributed by atoms with Crippen LogP contribution >= 0.6 is 0 Å². The molecule has 3 fully saturated rings. The number of fused-ring (bicyclic) bond motifs is 2. The third-order valence-electron chi connectivity index (χ3n) is 7.78. The number of anilines is 1. The number of hydrogen-bond acceptors (Lipinski definition) is 6. The van der Waals surface area contributed by atoms with E-state index in [0.29, 0.717) is 23.6 Å². The first-order chi connectivity index (χ1) is 15.5.